The molecule has 2 atom stereocenters. The van der Waals surface area contributed by atoms with Crippen molar-refractivity contribution in [3.8, 4) is 0 Å². The summed E-state index contributed by atoms with van der Waals surface area (Å²) in [4.78, 5) is 13.2. The number of hydrogen-bond acceptors (Lipinski definition) is 2. The summed E-state index contributed by atoms with van der Waals surface area (Å²) in [5.41, 5.74) is -0.517. The van der Waals surface area contributed by atoms with Crippen molar-refractivity contribution >= 4 is 6.09 Å². The Morgan fingerprint density at radius 3 is 2.50 bits per heavy atom. The summed E-state index contributed by atoms with van der Waals surface area (Å²) in [5.74, 6) is 0. The van der Waals surface area contributed by atoms with Crippen molar-refractivity contribution in [2.24, 2.45) is 0 Å². The topological polar surface area (TPSA) is 29.5 Å². The van der Waals surface area contributed by atoms with Crippen molar-refractivity contribution in [1.82, 2.24) is 4.90 Å². The molecule has 0 aromatic carbocycles. The molecule has 1 amide bonds. The molecule has 0 aromatic rings. The van der Waals surface area contributed by atoms with E-state index in [1.54, 1.807) is 0 Å². The van der Waals surface area contributed by atoms with Crippen LogP contribution in [0.5, 0.6) is 0 Å². The average Bonchev–Trinajstić information content (AvgIpc) is 2.78. The van der Waals surface area contributed by atoms with Crippen LogP contribution < -0.4 is 0 Å². The average molecular weight is 291 g/mol. The van der Waals surface area contributed by atoms with E-state index in [4.69, 9.17) is 4.74 Å². The fourth-order valence-corrected chi connectivity index (χ4v) is 3.08. The van der Waals surface area contributed by atoms with Crippen LogP contribution >= 0.6 is 0 Å². The first-order valence-electron chi connectivity index (χ1n) is 7.70. The number of carbonyl (C=O) groups excluding carboxylic acids is 1. The number of hydrogen-bond donors (Lipinski definition) is 0. The molecule has 5 heteroatoms. The van der Waals surface area contributed by atoms with Gasteiger partial charge in [0.2, 0.25) is 0 Å². The fourth-order valence-electron chi connectivity index (χ4n) is 3.08. The Morgan fingerprint density at radius 1 is 1.25 bits per heavy atom. The number of halogens is 2. The monoisotopic (exact) mass is 291 g/mol. The summed E-state index contributed by atoms with van der Waals surface area (Å²) in [5, 5.41) is 0. The molecule has 0 N–H and O–H groups in total. The second-order valence-electron chi connectivity index (χ2n) is 5.91. The van der Waals surface area contributed by atoms with Gasteiger partial charge < -0.3 is 4.74 Å². The molecule has 0 aromatic heterocycles. The van der Waals surface area contributed by atoms with Crippen LogP contribution in [-0.4, -0.2) is 35.6 Å². The number of alkyl halides is 2. The lowest BCUT2D eigenvalue weighted by Gasteiger charge is -2.40. The highest BCUT2D eigenvalue weighted by Crippen LogP contribution is 2.35. The summed E-state index contributed by atoms with van der Waals surface area (Å²) in [6.45, 7) is 5.88. The highest BCUT2D eigenvalue weighted by molar-refractivity contribution is 5.71. The first-order valence-corrected chi connectivity index (χ1v) is 7.70. The first-order chi connectivity index (χ1) is 9.46. The van der Waals surface area contributed by atoms with Gasteiger partial charge in [-0.1, -0.05) is 46.0 Å². The summed E-state index contributed by atoms with van der Waals surface area (Å²) in [7, 11) is 0. The summed E-state index contributed by atoms with van der Waals surface area (Å²) in [6, 6.07) is -1.09. The van der Waals surface area contributed by atoms with Gasteiger partial charge >= 0.3 is 6.09 Å². The quantitative estimate of drug-likeness (QED) is 0.581. The van der Waals surface area contributed by atoms with Crippen molar-refractivity contribution in [2.75, 3.05) is 6.61 Å². The molecule has 1 rings (SSSR count). The van der Waals surface area contributed by atoms with E-state index in [1.807, 2.05) is 13.8 Å². The normalized spacial score (nSPS) is 22.2. The van der Waals surface area contributed by atoms with Gasteiger partial charge in [-0.05, 0) is 19.8 Å². The van der Waals surface area contributed by atoms with E-state index in [-0.39, 0.29) is 6.61 Å². The van der Waals surface area contributed by atoms with Gasteiger partial charge in [0.15, 0.2) is 0 Å². The maximum absolute atomic E-state index is 13.1. The highest BCUT2D eigenvalue weighted by Gasteiger charge is 2.48. The molecule has 1 aliphatic heterocycles. The molecular weight excluding hydrogens is 264 g/mol. The van der Waals surface area contributed by atoms with Gasteiger partial charge in [-0.2, -0.15) is 0 Å². The molecule has 1 heterocycles. The van der Waals surface area contributed by atoms with Gasteiger partial charge in [-0.3, -0.25) is 4.90 Å². The number of ether oxygens (including phenoxy) is 1. The smallest absolute Gasteiger partial charge is 0.410 e. The Bertz CT molecular complexity index is 312. The zero-order valence-electron chi connectivity index (χ0n) is 12.8. The van der Waals surface area contributed by atoms with E-state index >= 15 is 0 Å². The van der Waals surface area contributed by atoms with E-state index in [0.29, 0.717) is 0 Å². The standard InChI is InChI=1S/C15H27F2NO2/c1-4-6-7-8-10-15(3,9-5-2)18-12(13(16)17)11-20-14(18)19/h12-13H,4-11H2,1-3H3. The summed E-state index contributed by atoms with van der Waals surface area (Å²) < 4.78 is 31.1. The molecule has 118 valence electrons. The van der Waals surface area contributed by atoms with Crippen LogP contribution in [0.25, 0.3) is 0 Å². The van der Waals surface area contributed by atoms with Crippen LogP contribution in [0.1, 0.15) is 65.7 Å². The number of rotatable bonds is 9. The zero-order chi connectivity index (χ0) is 15.2. The van der Waals surface area contributed by atoms with E-state index in [9.17, 15) is 13.6 Å². The number of nitrogens with zero attached hydrogens (tertiary/aromatic N) is 1. The minimum Gasteiger partial charge on any atom is -0.447 e. The minimum absolute atomic E-state index is 0.190. The molecule has 1 aliphatic rings. The van der Waals surface area contributed by atoms with Crippen LogP contribution in [0.4, 0.5) is 13.6 Å². The molecule has 0 bridgehead atoms. The van der Waals surface area contributed by atoms with Crippen molar-refractivity contribution in [2.45, 2.75) is 83.7 Å². The third-order valence-electron chi connectivity index (χ3n) is 4.14. The molecular formula is C15H27F2NO2. The largest absolute Gasteiger partial charge is 0.447 e. The van der Waals surface area contributed by atoms with E-state index < -0.39 is 24.1 Å². The first kappa shape index (κ1) is 17.2. The van der Waals surface area contributed by atoms with Gasteiger partial charge in [0.1, 0.15) is 12.6 Å². The van der Waals surface area contributed by atoms with E-state index in [2.05, 4.69) is 6.92 Å². The molecule has 0 radical (unpaired) electrons. The Hall–Kier alpha value is -0.870. The van der Waals surface area contributed by atoms with Gasteiger partial charge in [0.25, 0.3) is 6.43 Å². The Morgan fingerprint density at radius 2 is 1.95 bits per heavy atom. The van der Waals surface area contributed by atoms with Crippen LogP contribution in [0.3, 0.4) is 0 Å². The van der Waals surface area contributed by atoms with Crippen LogP contribution in [0.15, 0.2) is 0 Å². The van der Waals surface area contributed by atoms with E-state index in [0.717, 1.165) is 44.9 Å². The molecule has 0 spiro atoms. The zero-order valence-corrected chi connectivity index (χ0v) is 12.8. The minimum atomic E-state index is -2.55. The van der Waals surface area contributed by atoms with Gasteiger partial charge in [-0.25, -0.2) is 13.6 Å². The van der Waals surface area contributed by atoms with Gasteiger partial charge in [-0.15, -0.1) is 0 Å². The van der Waals surface area contributed by atoms with Gasteiger partial charge in [0, 0.05) is 5.54 Å². The predicted octanol–water partition coefficient (Wildman–Crippen LogP) is 4.60. The number of unbranched alkanes of at least 4 members (excludes halogenated alkanes) is 3. The lowest BCUT2D eigenvalue weighted by Crippen LogP contribution is -2.53. The summed E-state index contributed by atoms with van der Waals surface area (Å²) in [6.07, 6.45) is 3.55. The second-order valence-corrected chi connectivity index (χ2v) is 5.91. The molecule has 1 saturated heterocycles. The maximum atomic E-state index is 13.1. The third kappa shape index (κ3) is 4.06. The molecule has 0 aliphatic carbocycles. The lowest BCUT2D eigenvalue weighted by atomic mass is 9.87. The molecule has 0 saturated carbocycles. The molecule has 1 fully saturated rings. The van der Waals surface area contributed by atoms with Crippen LogP contribution in [0, 0.1) is 0 Å². The molecule has 3 nitrogen and oxygen atoms in total. The summed E-state index contributed by atoms with van der Waals surface area (Å²) >= 11 is 0. The second kappa shape index (κ2) is 7.79. The number of cyclic esters (lactones) is 1. The van der Waals surface area contributed by atoms with Crippen molar-refractivity contribution in [1.29, 1.82) is 0 Å². The van der Waals surface area contributed by atoms with Crippen molar-refractivity contribution < 1.29 is 18.3 Å². The van der Waals surface area contributed by atoms with Crippen LogP contribution in [-0.2, 0) is 4.74 Å². The SMILES string of the molecule is CCCCCCC(C)(CCC)N1C(=O)OCC1C(F)F. The van der Waals surface area contributed by atoms with Gasteiger partial charge in [0.05, 0.1) is 0 Å². The number of amides is 1. The third-order valence-corrected chi connectivity index (χ3v) is 4.14. The van der Waals surface area contributed by atoms with E-state index in [1.165, 1.54) is 4.90 Å². The Kier molecular flexibility index (Phi) is 6.69. The lowest BCUT2D eigenvalue weighted by molar-refractivity contribution is 0.0102. The Labute approximate surface area is 120 Å². The molecule has 20 heavy (non-hydrogen) atoms. The van der Waals surface area contributed by atoms with Crippen molar-refractivity contribution in [3.05, 3.63) is 0 Å². The van der Waals surface area contributed by atoms with Crippen molar-refractivity contribution in [3.63, 3.8) is 0 Å². The maximum Gasteiger partial charge on any atom is 0.410 e. The van der Waals surface area contributed by atoms with Crippen LogP contribution in [0.2, 0.25) is 0 Å². The Balaban J connectivity index is 2.77. The predicted molar refractivity (Wildman–Crippen MR) is 75.1 cm³/mol. The molecule has 2 unspecified atom stereocenters. The fraction of sp³-hybridized carbons (Fsp3) is 0.933. The highest BCUT2D eigenvalue weighted by atomic mass is 19.3. The number of carbonyl (C=O) groups is 1.